The van der Waals surface area contributed by atoms with Crippen LogP contribution in [0.2, 0.25) is 5.15 Å². The number of piperazine rings is 1. The summed E-state index contributed by atoms with van der Waals surface area (Å²) in [4.78, 5) is 14.0. The molecule has 0 spiro atoms. The summed E-state index contributed by atoms with van der Waals surface area (Å²) in [5, 5.41) is 0.551. The maximum Gasteiger partial charge on any atom is 0.144 e. The lowest BCUT2D eigenvalue weighted by atomic mass is 10.1. The quantitative estimate of drug-likeness (QED) is 0.777. The van der Waals surface area contributed by atoms with Crippen LogP contribution in [0.5, 0.6) is 0 Å². The summed E-state index contributed by atoms with van der Waals surface area (Å²) in [6.07, 6.45) is 2.68. The third-order valence-electron chi connectivity index (χ3n) is 4.28. The summed E-state index contributed by atoms with van der Waals surface area (Å²) >= 11 is 6.02. The fourth-order valence-corrected chi connectivity index (χ4v) is 3.56. The first-order valence-electron chi connectivity index (χ1n) is 7.10. The fourth-order valence-electron chi connectivity index (χ4n) is 3.31. The smallest absolute Gasteiger partial charge is 0.144 e. The predicted molar refractivity (Wildman–Crippen MR) is 76.2 cm³/mol. The average Bonchev–Trinajstić information content (AvgIpc) is 2.75. The largest absolute Gasteiger partial charge is 0.298 e. The van der Waals surface area contributed by atoms with Crippen LogP contribution < -0.4 is 0 Å². The van der Waals surface area contributed by atoms with Gasteiger partial charge in [-0.25, -0.2) is 9.97 Å². The summed E-state index contributed by atoms with van der Waals surface area (Å²) in [6, 6.07) is 3.11. The van der Waals surface area contributed by atoms with Crippen LogP contribution in [0.25, 0.3) is 0 Å². The highest BCUT2D eigenvalue weighted by molar-refractivity contribution is 6.29. The van der Waals surface area contributed by atoms with Crippen molar-refractivity contribution in [1.82, 2.24) is 19.8 Å². The molecule has 0 amide bonds. The van der Waals surface area contributed by atoms with Crippen LogP contribution in [0.4, 0.5) is 0 Å². The molecule has 2 saturated heterocycles. The molecule has 1 aromatic rings. The molecule has 2 aliphatic rings. The number of nitrogens with zero attached hydrogens (tertiary/aromatic N) is 4. The van der Waals surface area contributed by atoms with Gasteiger partial charge in [-0.3, -0.25) is 9.80 Å². The van der Waals surface area contributed by atoms with Crippen LogP contribution in [-0.2, 0) is 6.54 Å². The van der Waals surface area contributed by atoms with Crippen LogP contribution in [0.3, 0.4) is 0 Å². The molecule has 19 heavy (non-hydrogen) atoms. The SMILES string of the molecule is Cc1cc(Cl)nc(CN2CC3CCCN3CC2C)n1. The summed E-state index contributed by atoms with van der Waals surface area (Å²) < 4.78 is 0. The number of rotatable bonds is 2. The second-order valence-corrected chi connectivity index (χ2v) is 6.20. The number of aromatic nitrogens is 2. The van der Waals surface area contributed by atoms with Gasteiger partial charge in [-0.1, -0.05) is 11.6 Å². The lowest BCUT2D eigenvalue weighted by molar-refractivity contribution is 0.0522. The molecule has 3 rings (SSSR count). The van der Waals surface area contributed by atoms with Gasteiger partial charge in [0.15, 0.2) is 0 Å². The van der Waals surface area contributed by atoms with Crippen LogP contribution >= 0.6 is 11.6 Å². The Hall–Kier alpha value is -0.710. The summed E-state index contributed by atoms with van der Waals surface area (Å²) in [7, 11) is 0. The molecule has 0 N–H and O–H groups in total. The molecule has 4 nitrogen and oxygen atoms in total. The van der Waals surface area contributed by atoms with E-state index in [1.807, 2.05) is 13.0 Å². The van der Waals surface area contributed by atoms with Gasteiger partial charge in [0.05, 0.1) is 6.54 Å². The highest BCUT2D eigenvalue weighted by Gasteiger charge is 2.34. The van der Waals surface area contributed by atoms with Crippen molar-refractivity contribution in [3.05, 3.63) is 22.7 Å². The predicted octanol–water partition coefficient (Wildman–Crippen LogP) is 2.11. The third-order valence-corrected chi connectivity index (χ3v) is 4.47. The van der Waals surface area contributed by atoms with E-state index in [0.29, 0.717) is 11.2 Å². The minimum Gasteiger partial charge on any atom is -0.298 e. The Kier molecular flexibility index (Phi) is 3.74. The monoisotopic (exact) mass is 280 g/mol. The van der Waals surface area contributed by atoms with E-state index in [1.165, 1.54) is 25.9 Å². The molecule has 0 aliphatic carbocycles. The molecular formula is C14H21ClN4. The first kappa shape index (κ1) is 13.3. The lowest BCUT2D eigenvalue weighted by Crippen LogP contribution is -2.54. The van der Waals surface area contributed by atoms with E-state index < -0.39 is 0 Å². The highest BCUT2D eigenvalue weighted by atomic mass is 35.5. The molecule has 0 radical (unpaired) electrons. The first-order valence-corrected chi connectivity index (χ1v) is 7.48. The molecule has 0 bridgehead atoms. The van der Waals surface area contributed by atoms with Gasteiger partial charge in [0.2, 0.25) is 0 Å². The minimum absolute atomic E-state index is 0.551. The number of fused-ring (bicyclic) bond motifs is 1. The van der Waals surface area contributed by atoms with Crippen molar-refractivity contribution in [2.45, 2.75) is 45.3 Å². The molecule has 2 unspecified atom stereocenters. The zero-order valence-corrected chi connectivity index (χ0v) is 12.4. The zero-order chi connectivity index (χ0) is 13.4. The van der Waals surface area contributed by atoms with Crippen molar-refractivity contribution in [1.29, 1.82) is 0 Å². The van der Waals surface area contributed by atoms with Crippen LogP contribution in [-0.4, -0.2) is 51.5 Å². The zero-order valence-electron chi connectivity index (χ0n) is 11.6. The van der Waals surface area contributed by atoms with E-state index in [9.17, 15) is 0 Å². The van der Waals surface area contributed by atoms with Gasteiger partial charge >= 0.3 is 0 Å². The number of aryl methyl sites for hydroxylation is 1. The molecule has 104 valence electrons. The Bertz CT molecular complexity index is 445. The average molecular weight is 281 g/mol. The Morgan fingerprint density at radius 2 is 2.21 bits per heavy atom. The van der Waals surface area contributed by atoms with Crippen molar-refractivity contribution in [2.24, 2.45) is 0 Å². The second kappa shape index (κ2) is 5.35. The highest BCUT2D eigenvalue weighted by Crippen LogP contribution is 2.25. The normalized spacial score (nSPS) is 28.6. The topological polar surface area (TPSA) is 32.3 Å². The van der Waals surface area contributed by atoms with E-state index in [1.54, 1.807) is 0 Å². The van der Waals surface area contributed by atoms with Crippen molar-refractivity contribution in [3.63, 3.8) is 0 Å². The van der Waals surface area contributed by atoms with Gasteiger partial charge in [0.1, 0.15) is 11.0 Å². The molecule has 0 saturated carbocycles. The fraction of sp³-hybridized carbons (Fsp3) is 0.714. The van der Waals surface area contributed by atoms with E-state index >= 15 is 0 Å². The Labute approximate surface area is 119 Å². The maximum atomic E-state index is 6.02. The van der Waals surface area contributed by atoms with E-state index in [4.69, 9.17) is 11.6 Å². The molecule has 3 heterocycles. The number of hydrogen-bond acceptors (Lipinski definition) is 4. The Morgan fingerprint density at radius 1 is 1.37 bits per heavy atom. The molecule has 5 heteroatoms. The summed E-state index contributed by atoms with van der Waals surface area (Å²) in [6.45, 7) is 8.66. The first-order chi connectivity index (χ1) is 9.11. The van der Waals surface area contributed by atoms with Gasteiger partial charge in [0, 0.05) is 30.9 Å². The van der Waals surface area contributed by atoms with Crippen molar-refractivity contribution < 1.29 is 0 Å². The van der Waals surface area contributed by atoms with Gasteiger partial charge in [-0.2, -0.15) is 0 Å². The van der Waals surface area contributed by atoms with Crippen molar-refractivity contribution >= 4 is 11.6 Å². The third kappa shape index (κ3) is 2.91. The standard InChI is InChI=1S/C14H21ClN4/c1-10-6-13(15)17-14(16-10)9-19-8-12-4-3-5-18(12)7-11(19)2/h6,11-12H,3-5,7-9H2,1-2H3. The maximum absolute atomic E-state index is 6.02. The molecule has 2 atom stereocenters. The van der Waals surface area contributed by atoms with Crippen LogP contribution in [0.15, 0.2) is 6.07 Å². The molecule has 0 aromatic carbocycles. The lowest BCUT2D eigenvalue weighted by Gasteiger charge is -2.42. The van der Waals surface area contributed by atoms with E-state index in [2.05, 4.69) is 26.7 Å². The van der Waals surface area contributed by atoms with E-state index in [-0.39, 0.29) is 0 Å². The van der Waals surface area contributed by atoms with Crippen LogP contribution in [0.1, 0.15) is 31.3 Å². The van der Waals surface area contributed by atoms with Gasteiger partial charge in [0.25, 0.3) is 0 Å². The number of halogens is 1. The minimum atomic E-state index is 0.551. The van der Waals surface area contributed by atoms with Crippen molar-refractivity contribution in [2.75, 3.05) is 19.6 Å². The van der Waals surface area contributed by atoms with Gasteiger partial charge in [-0.05, 0) is 39.3 Å². The molecular weight excluding hydrogens is 260 g/mol. The molecule has 2 fully saturated rings. The van der Waals surface area contributed by atoms with Crippen LogP contribution in [0, 0.1) is 6.92 Å². The summed E-state index contributed by atoms with van der Waals surface area (Å²) in [5.74, 6) is 0.850. The summed E-state index contributed by atoms with van der Waals surface area (Å²) in [5.41, 5.74) is 0.946. The Balaban J connectivity index is 1.71. The van der Waals surface area contributed by atoms with Gasteiger partial charge < -0.3 is 0 Å². The van der Waals surface area contributed by atoms with Crippen molar-refractivity contribution in [3.8, 4) is 0 Å². The van der Waals surface area contributed by atoms with Gasteiger partial charge in [-0.15, -0.1) is 0 Å². The van der Waals surface area contributed by atoms with E-state index in [0.717, 1.165) is 30.6 Å². The number of hydrogen-bond donors (Lipinski definition) is 0. The Morgan fingerprint density at radius 3 is 3.00 bits per heavy atom. The molecule has 2 aliphatic heterocycles. The molecule has 1 aromatic heterocycles. The second-order valence-electron chi connectivity index (χ2n) is 5.82.